The van der Waals surface area contributed by atoms with E-state index in [1.807, 2.05) is 0 Å². The zero-order valence-electron chi connectivity index (χ0n) is 26.1. The molecule has 1 aliphatic carbocycles. The number of nitrogens with two attached hydrogens (primary N) is 1. The van der Waals surface area contributed by atoms with Gasteiger partial charge in [0.25, 0.3) is 0 Å². The van der Waals surface area contributed by atoms with E-state index in [0.717, 1.165) is 0 Å². The van der Waals surface area contributed by atoms with E-state index >= 15 is 4.39 Å². The van der Waals surface area contributed by atoms with Gasteiger partial charge in [-0.2, -0.15) is 9.97 Å². The number of hydrogen-bond acceptors (Lipinski definition) is 8. The fourth-order valence-corrected chi connectivity index (χ4v) is 7.56. The second-order valence-electron chi connectivity index (χ2n) is 12.2. The third kappa shape index (κ3) is 4.56. The highest BCUT2D eigenvalue weighted by Crippen LogP contribution is 2.46. The third-order valence-electron chi connectivity index (χ3n) is 9.52. The predicted molar refractivity (Wildman–Crippen MR) is 166 cm³/mol. The van der Waals surface area contributed by atoms with Crippen LogP contribution in [0.2, 0.25) is 5.02 Å². The summed E-state index contributed by atoms with van der Waals surface area (Å²) in [5.41, 5.74) is 5.58. The highest BCUT2D eigenvalue weighted by atomic mass is 35.5. The van der Waals surface area contributed by atoms with Crippen LogP contribution in [0.4, 0.5) is 24.7 Å². The monoisotopic (exact) mass is 636 g/mol. The highest BCUT2D eigenvalue weighted by Gasteiger charge is 2.56. The maximum absolute atomic E-state index is 16.9. The number of ether oxygens (including phenoxy) is 2. The number of nitrogen functional groups attached to an aromatic ring is 1. The normalized spacial score (nSPS) is 28.7. The number of anilines is 2. The topological polar surface area (TPSA) is 89.6 Å². The van der Waals surface area contributed by atoms with Crippen molar-refractivity contribution in [2.24, 2.45) is 5.92 Å². The molecule has 45 heavy (non-hydrogen) atoms. The molecule has 12 heteroatoms. The molecule has 232 valence electrons. The first kappa shape index (κ1) is 26.4. The van der Waals surface area contributed by atoms with Crippen molar-refractivity contribution in [3.63, 3.8) is 0 Å². The second kappa shape index (κ2) is 10.6. The Balaban J connectivity index is 1.32. The summed E-state index contributed by atoms with van der Waals surface area (Å²) in [7, 11) is 0. The first-order valence-corrected chi connectivity index (χ1v) is 15.3. The summed E-state index contributed by atoms with van der Waals surface area (Å²) in [6.07, 6.45) is 5.82. The summed E-state index contributed by atoms with van der Waals surface area (Å²) in [5, 5.41) is 1.56. The van der Waals surface area contributed by atoms with Crippen LogP contribution in [-0.4, -0.2) is 83.2 Å². The lowest BCUT2D eigenvalue weighted by Crippen LogP contribution is -2.43. The Morgan fingerprint density at radius 3 is 2.98 bits per heavy atom. The largest absolute Gasteiger partial charge is 0.461 e. The van der Waals surface area contributed by atoms with E-state index in [9.17, 15) is 8.78 Å². The van der Waals surface area contributed by atoms with E-state index in [0.29, 0.717) is 46.4 Å². The minimum atomic E-state index is -2.43. The molecule has 2 N–H and O–H groups in total. The summed E-state index contributed by atoms with van der Waals surface area (Å²) < 4.78 is 76.2. The third-order valence-corrected chi connectivity index (χ3v) is 9.83. The van der Waals surface area contributed by atoms with Crippen LogP contribution in [0.15, 0.2) is 30.5 Å². The Hall–Kier alpha value is -3.85. The van der Waals surface area contributed by atoms with Crippen molar-refractivity contribution in [3.8, 4) is 29.6 Å². The van der Waals surface area contributed by atoms with Crippen LogP contribution in [0.3, 0.4) is 0 Å². The van der Waals surface area contributed by atoms with Gasteiger partial charge in [-0.3, -0.25) is 9.88 Å². The molecule has 1 saturated carbocycles. The van der Waals surface area contributed by atoms with Crippen LogP contribution in [0.5, 0.6) is 6.01 Å². The number of nitrogens with zero attached hydrogens (tertiary/aromatic N) is 5. The average molecular weight is 637 g/mol. The number of halogens is 4. The molecule has 3 saturated heterocycles. The quantitative estimate of drug-likeness (QED) is 0.232. The van der Waals surface area contributed by atoms with Crippen LogP contribution < -0.4 is 15.4 Å². The van der Waals surface area contributed by atoms with Gasteiger partial charge in [-0.15, -0.1) is 6.42 Å². The molecule has 4 aliphatic rings. The zero-order valence-corrected chi connectivity index (χ0v) is 24.8. The van der Waals surface area contributed by atoms with E-state index in [4.69, 9.17) is 36.0 Å². The van der Waals surface area contributed by atoms with Crippen LogP contribution in [0, 0.1) is 24.1 Å². The van der Waals surface area contributed by atoms with Gasteiger partial charge in [0, 0.05) is 48.3 Å². The van der Waals surface area contributed by atoms with Gasteiger partial charge in [0.05, 0.1) is 43.5 Å². The van der Waals surface area contributed by atoms with Gasteiger partial charge in [-0.25, -0.2) is 13.2 Å². The van der Waals surface area contributed by atoms with Crippen molar-refractivity contribution in [2.75, 3.05) is 50.0 Å². The van der Waals surface area contributed by atoms with E-state index in [1.54, 1.807) is 34.1 Å². The molecular weight excluding hydrogens is 605 g/mol. The predicted octanol–water partition coefficient (Wildman–Crippen LogP) is 5.33. The second-order valence-corrected chi connectivity index (χ2v) is 12.6. The lowest BCUT2D eigenvalue weighted by molar-refractivity contribution is 0.107. The molecule has 5 atom stereocenters. The molecule has 0 bridgehead atoms. The molecule has 2 aromatic carbocycles. The van der Waals surface area contributed by atoms with Crippen molar-refractivity contribution >= 4 is 44.8 Å². The summed E-state index contributed by atoms with van der Waals surface area (Å²) in [5.74, 6) is 1.46. The van der Waals surface area contributed by atoms with Crippen molar-refractivity contribution in [1.29, 1.82) is 0 Å². The SMILES string of the molecule is [2H]C([2H])(Oc1nc(N2CCOC[C@H]3[C@H](F)[C@H]32)c2cnc(-c3cc(N)cc4ccc(Cl)c(C#C)c34)c(F)c2n1)[C@@]12CCCN1C[C@H](F)C2. The minimum Gasteiger partial charge on any atom is -0.461 e. The maximum Gasteiger partial charge on any atom is 0.319 e. The van der Waals surface area contributed by atoms with Gasteiger partial charge in [0.1, 0.15) is 35.9 Å². The van der Waals surface area contributed by atoms with Gasteiger partial charge < -0.3 is 20.1 Å². The van der Waals surface area contributed by atoms with Gasteiger partial charge >= 0.3 is 6.01 Å². The molecular formula is C33H30ClF3N6O2. The minimum absolute atomic E-state index is 0.0534. The fraction of sp³-hybridized carbons (Fsp3) is 0.424. The van der Waals surface area contributed by atoms with Crippen molar-refractivity contribution in [1.82, 2.24) is 19.9 Å². The number of terminal acetylenes is 1. The summed E-state index contributed by atoms with van der Waals surface area (Å²) in [6.45, 7) is -1.05. The first-order valence-electron chi connectivity index (χ1n) is 15.9. The van der Waals surface area contributed by atoms with Gasteiger partial charge in [-0.05, 0) is 43.0 Å². The Morgan fingerprint density at radius 2 is 2.13 bits per heavy atom. The van der Waals surface area contributed by atoms with Gasteiger partial charge in [0.15, 0.2) is 5.82 Å². The maximum atomic E-state index is 16.9. The van der Waals surface area contributed by atoms with Crippen LogP contribution in [-0.2, 0) is 4.74 Å². The number of alkyl halides is 2. The van der Waals surface area contributed by atoms with Gasteiger partial charge in [-0.1, -0.05) is 23.6 Å². The lowest BCUT2D eigenvalue weighted by atomic mass is 9.95. The molecule has 2 aromatic heterocycles. The molecule has 3 aliphatic heterocycles. The fourth-order valence-electron chi connectivity index (χ4n) is 7.35. The first-order chi connectivity index (χ1) is 22.5. The van der Waals surface area contributed by atoms with E-state index in [1.165, 1.54) is 6.20 Å². The van der Waals surface area contributed by atoms with E-state index in [-0.39, 0.29) is 60.7 Å². The molecule has 8 rings (SSSR count). The molecule has 8 nitrogen and oxygen atoms in total. The number of aromatic nitrogens is 3. The lowest BCUT2D eigenvalue weighted by Gasteiger charge is -2.31. The van der Waals surface area contributed by atoms with Crippen molar-refractivity contribution in [3.05, 3.63) is 46.9 Å². The molecule has 4 aromatic rings. The number of fused-ring (bicyclic) bond motifs is 4. The van der Waals surface area contributed by atoms with Crippen LogP contribution in [0.1, 0.15) is 27.6 Å². The molecule has 5 heterocycles. The number of benzene rings is 2. The summed E-state index contributed by atoms with van der Waals surface area (Å²) in [6, 6.07) is 5.57. The highest BCUT2D eigenvalue weighted by molar-refractivity contribution is 6.33. The van der Waals surface area contributed by atoms with E-state index < -0.39 is 48.2 Å². The molecule has 0 amide bonds. The molecule has 4 fully saturated rings. The van der Waals surface area contributed by atoms with E-state index in [2.05, 4.69) is 20.9 Å². The van der Waals surface area contributed by atoms with Crippen LogP contribution in [0.25, 0.3) is 32.9 Å². The number of pyridine rings is 1. The average Bonchev–Trinajstić information content (AvgIpc) is 3.39. The Morgan fingerprint density at radius 1 is 1.27 bits per heavy atom. The summed E-state index contributed by atoms with van der Waals surface area (Å²) >= 11 is 6.44. The molecule has 0 radical (unpaired) electrons. The zero-order chi connectivity index (χ0) is 32.8. The molecule has 0 spiro atoms. The Bertz CT molecular complexity index is 2000. The van der Waals surface area contributed by atoms with Gasteiger partial charge in [0.2, 0.25) is 0 Å². The molecule has 0 unspecified atom stereocenters. The number of rotatable bonds is 5. The summed E-state index contributed by atoms with van der Waals surface area (Å²) in [4.78, 5) is 16.9. The Kier molecular flexibility index (Phi) is 6.22. The standard InChI is InChI=1S/C33H30ClF3N6O2/c1-2-20-24(34)5-4-17-10-19(38)11-21(25(17)20)28-27(37)29-22(13-39-28)31(43-8-9-44-15-23-26(36)30(23)43)41-32(40-29)45-16-33-6-3-7-42(33)14-18(35)12-33/h1,4-5,10-11,13,18,23,26,30H,3,6-9,12,14-16,38H2/t18-,23+,26+,30+,33+/m1/s1/i16D2. The van der Waals surface area contributed by atoms with Crippen molar-refractivity contribution in [2.45, 2.75) is 43.2 Å². The van der Waals surface area contributed by atoms with Crippen molar-refractivity contribution < 1.29 is 25.4 Å². The Labute approximate surface area is 265 Å². The number of hydrogen-bond donors (Lipinski definition) is 1. The van der Waals surface area contributed by atoms with Crippen LogP contribution >= 0.6 is 11.6 Å². The smallest absolute Gasteiger partial charge is 0.319 e.